The fraction of sp³-hybridized carbons (Fsp3) is 0.129. The minimum atomic E-state index is -4.89. The van der Waals surface area contributed by atoms with Gasteiger partial charge in [0.05, 0.1) is 34.3 Å². The number of carboxylic acid groups (broad SMARTS) is 1. The lowest BCUT2D eigenvalue weighted by atomic mass is 10.0. The summed E-state index contributed by atoms with van der Waals surface area (Å²) in [5.74, 6) is -3.38. The number of hydrogen-bond acceptors (Lipinski definition) is 5. The first-order valence-electron chi connectivity index (χ1n) is 12.7. The van der Waals surface area contributed by atoms with Gasteiger partial charge in [0.25, 0.3) is 0 Å². The van der Waals surface area contributed by atoms with E-state index in [2.05, 4.69) is 10.5 Å². The number of carboxylic acids is 1. The van der Waals surface area contributed by atoms with Gasteiger partial charge in [-0.15, -0.1) is 0 Å². The first-order valence-corrected chi connectivity index (χ1v) is 12.7. The number of nitrogens with zero attached hydrogens (tertiary/aromatic N) is 2. The Kier molecular flexibility index (Phi) is 8.60. The number of aromatic hydroxyl groups is 1. The first-order chi connectivity index (χ1) is 19.9. The molecule has 4 rings (SSSR count). The predicted octanol–water partition coefficient (Wildman–Crippen LogP) is 7.61. The molecular formula is C31H25F4N3O4. The van der Waals surface area contributed by atoms with Gasteiger partial charge in [-0.3, -0.25) is 15.1 Å². The largest absolute Gasteiger partial charge is 0.505 e. The monoisotopic (exact) mass is 579 g/mol. The van der Waals surface area contributed by atoms with E-state index in [-0.39, 0.29) is 33.9 Å². The van der Waals surface area contributed by atoms with E-state index in [4.69, 9.17) is 0 Å². The molecule has 7 nitrogen and oxygen atoms in total. The summed E-state index contributed by atoms with van der Waals surface area (Å²) in [4.78, 5) is 25.0. The van der Waals surface area contributed by atoms with Crippen LogP contribution in [0, 0.1) is 5.82 Å². The number of alkyl halides is 3. The SMILES string of the molecule is CCc1ccc(N(C(C)=O)c2cc(C(F)(F)F)cc(F)c2/C=N/Nc2cccc(-c3cccc(C(=O)O)c3)c2O)cc1. The average Bonchev–Trinajstić information content (AvgIpc) is 2.95. The second-order valence-corrected chi connectivity index (χ2v) is 9.22. The lowest BCUT2D eigenvalue weighted by Gasteiger charge is -2.25. The van der Waals surface area contributed by atoms with Crippen LogP contribution in [0.1, 0.15) is 40.9 Å². The highest BCUT2D eigenvalue weighted by molar-refractivity contribution is 6.04. The maximum atomic E-state index is 15.2. The molecule has 0 aliphatic carbocycles. The second-order valence-electron chi connectivity index (χ2n) is 9.22. The minimum Gasteiger partial charge on any atom is -0.505 e. The molecule has 0 spiro atoms. The maximum absolute atomic E-state index is 15.2. The van der Waals surface area contributed by atoms with Crippen molar-refractivity contribution in [2.75, 3.05) is 10.3 Å². The van der Waals surface area contributed by atoms with E-state index in [1.54, 1.807) is 42.5 Å². The Bertz CT molecular complexity index is 1670. The number of hydrazone groups is 1. The molecule has 0 atom stereocenters. The molecule has 0 aromatic heterocycles. The number of amides is 1. The average molecular weight is 580 g/mol. The number of halogens is 4. The van der Waals surface area contributed by atoms with Gasteiger partial charge in [-0.1, -0.05) is 43.3 Å². The number of hydrogen-bond donors (Lipinski definition) is 3. The van der Waals surface area contributed by atoms with Gasteiger partial charge in [-0.25, -0.2) is 9.18 Å². The molecule has 0 heterocycles. The molecule has 0 unspecified atom stereocenters. The number of anilines is 3. The Morgan fingerprint density at radius 2 is 1.69 bits per heavy atom. The van der Waals surface area contributed by atoms with E-state index >= 15 is 4.39 Å². The summed E-state index contributed by atoms with van der Waals surface area (Å²) in [5, 5.41) is 24.0. The topological polar surface area (TPSA) is 102 Å². The third-order valence-electron chi connectivity index (χ3n) is 6.43. The second kappa shape index (κ2) is 12.1. The molecule has 0 bridgehead atoms. The number of rotatable bonds is 8. The Hall–Kier alpha value is -5.19. The lowest BCUT2D eigenvalue weighted by Crippen LogP contribution is -2.25. The molecule has 4 aromatic rings. The van der Waals surface area contributed by atoms with Crippen LogP contribution in [0.15, 0.2) is 84.0 Å². The van der Waals surface area contributed by atoms with Gasteiger partial charge in [0.15, 0.2) is 0 Å². The van der Waals surface area contributed by atoms with Crippen molar-refractivity contribution in [2.24, 2.45) is 5.10 Å². The number of benzene rings is 4. The van der Waals surface area contributed by atoms with Crippen molar-refractivity contribution in [2.45, 2.75) is 26.4 Å². The molecule has 0 fully saturated rings. The summed E-state index contributed by atoms with van der Waals surface area (Å²) >= 11 is 0. The van der Waals surface area contributed by atoms with Gasteiger partial charge >= 0.3 is 12.1 Å². The van der Waals surface area contributed by atoms with Gasteiger partial charge in [0.2, 0.25) is 5.91 Å². The van der Waals surface area contributed by atoms with E-state index in [0.29, 0.717) is 24.1 Å². The molecule has 4 aromatic carbocycles. The number of nitrogens with one attached hydrogen (secondary N) is 1. The van der Waals surface area contributed by atoms with E-state index < -0.39 is 35.0 Å². The van der Waals surface area contributed by atoms with Gasteiger partial charge in [-0.05, 0) is 60.0 Å². The van der Waals surface area contributed by atoms with Crippen molar-refractivity contribution in [1.29, 1.82) is 0 Å². The minimum absolute atomic E-state index is 0.00736. The highest BCUT2D eigenvalue weighted by Gasteiger charge is 2.34. The number of para-hydroxylation sites is 1. The van der Waals surface area contributed by atoms with Crippen LogP contribution in [0.2, 0.25) is 0 Å². The predicted molar refractivity (Wildman–Crippen MR) is 152 cm³/mol. The van der Waals surface area contributed by atoms with Crippen LogP contribution in [-0.4, -0.2) is 28.3 Å². The van der Waals surface area contributed by atoms with Gasteiger partial charge in [0, 0.05) is 18.2 Å². The zero-order valence-electron chi connectivity index (χ0n) is 22.4. The van der Waals surface area contributed by atoms with Crippen molar-refractivity contribution in [3.8, 4) is 16.9 Å². The molecule has 3 N–H and O–H groups in total. The van der Waals surface area contributed by atoms with Gasteiger partial charge < -0.3 is 10.2 Å². The molecule has 1 amide bonds. The number of phenols is 1. The summed E-state index contributed by atoms with van der Waals surface area (Å²) in [7, 11) is 0. The fourth-order valence-electron chi connectivity index (χ4n) is 4.30. The van der Waals surface area contributed by atoms with E-state index in [1.165, 1.54) is 24.3 Å². The molecule has 0 saturated carbocycles. The summed E-state index contributed by atoms with van der Waals surface area (Å²) in [6.45, 7) is 3.07. The van der Waals surface area contributed by atoms with Crippen LogP contribution < -0.4 is 10.3 Å². The fourth-order valence-corrected chi connectivity index (χ4v) is 4.30. The van der Waals surface area contributed by atoms with Gasteiger partial charge in [-0.2, -0.15) is 18.3 Å². The Morgan fingerprint density at radius 3 is 2.31 bits per heavy atom. The van der Waals surface area contributed by atoms with Crippen molar-refractivity contribution in [3.05, 3.63) is 107 Å². The molecule has 0 aliphatic rings. The standard InChI is InChI=1S/C31H25F4N3O4/c1-3-19-10-12-23(13-11-19)38(18(2)39)28-16-22(31(33,34)35)15-26(32)25(28)17-36-37-27-9-5-8-24(29(27)40)20-6-4-7-21(14-20)30(41)42/h4-17,37,40H,3H2,1-2H3,(H,41,42)/b36-17+. The Morgan fingerprint density at radius 1 is 1.00 bits per heavy atom. The van der Waals surface area contributed by atoms with E-state index in [9.17, 15) is 33.0 Å². The van der Waals surface area contributed by atoms with Crippen LogP contribution in [0.4, 0.5) is 34.6 Å². The van der Waals surface area contributed by atoms with Crippen LogP contribution >= 0.6 is 0 Å². The molecule has 0 saturated heterocycles. The highest BCUT2D eigenvalue weighted by Crippen LogP contribution is 2.38. The molecule has 0 radical (unpaired) electrons. The third-order valence-corrected chi connectivity index (χ3v) is 6.43. The van der Waals surface area contributed by atoms with E-state index in [1.807, 2.05) is 6.92 Å². The van der Waals surface area contributed by atoms with Crippen molar-refractivity contribution in [3.63, 3.8) is 0 Å². The summed E-state index contributed by atoms with van der Waals surface area (Å²) in [5.41, 5.74) is 2.37. The van der Waals surface area contributed by atoms with Crippen LogP contribution in [0.25, 0.3) is 11.1 Å². The molecule has 216 valence electrons. The summed E-state index contributed by atoms with van der Waals surface area (Å²) in [6.07, 6.45) is -3.28. The zero-order valence-corrected chi connectivity index (χ0v) is 22.4. The normalized spacial score (nSPS) is 11.5. The van der Waals surface area contributed by atoms with Crippen molar-refractivity contribution < 1.29 is 37.4 Å². The number of phenolic OH excluding ortho intramolecular Hbond substituents is 1. The summed E-state index contributed by atoms with van der Waals surface area (Å²) < 4.78 is 56.1. The number of aromatic carboxylic acids is 1. The molecule has 0 aliphatic heterocycles. The number of aryl methyl sites for hydroxylation is 1. The maximum Gasteiger partial charge on any atom is 0.416 e. The van der Waals surface area contributed by atoms with E-state index in [0.717, 1.165) is 23.6 Å². The molecule has 42 heavy (non-hydrogen) atoms. The van der Waals surface area contributed by atoms with Crippen LogP contribution in [0.5, 0.6) is 5.75 Å². The van der Waals surface area contributed by atoms with Crippen molar-refractivity contribution >= 4 is 35.2 Å². The van der Waals surface area contributed by atoms with Crippen molar-refractivity contribution in [1.82, 2.24) is 0 Å². The number of carbonyl (C=O) groups excluding carboxylic acids is 1. The smallest absolute Gasteiger partial charge is 0.416 e. The first kappa shape index (κ1) is 29.8. The third kappa shape index (κ3) is 6.41. The number of carbonyl (C=O) groups is 2. The zero-order chi connectivity index (χ0) is 30.6. The summed E-state index contributed by atoms with van der Waals surface area (Å²) in [6, 6.07) is 18.0. The Balaban J connectivity index is 1.75. The highest BCUT2D eigenvalue weighted by atomic mass is 19.4. The van der Waals surface area contributed by atoms with Gasteiger partial charge in [0.1, 0.15) is 11.6 Å². The molecule has 11 heteroatoms. The lowest BCUT2D eigenvalue weighted by molar-refractivity contribution is -0.137. The quantitative estimate of drug-likeness (QED) is 0.0863. The molecular weight excluding hydrogens is 554 g/mol. The van der Waals surface area contributed by atoms with Crippen LogP contribution in [-0.2, 0) is 17.4 Å². The van der Waals surface area contributed by atoms with Crippen LogP contribution in [0.3, 0.4) is 0 Å². The Labute approximate surface area is 238 Å².